The summed E-state index contributed by atoms with van der Waals surface area (Å²) in [5.41, 5.74) is 6.85. The summed E-state index contributed by atoms with van der Waals surface area (Å²) in [5, 5.41) is 3.70. The molecule has 0 saturated carbocycles. The largest absolute Gasteiger partial charge is 0.382 e. The van der Waals surface area contributed by atoms with Gasteiger partial charge in [-0.3, -0.25) is 9.98 Å². The van der Waals surface area contributed by atoms with Crippen molar-refractivity contribution in [1.29, 1.82) is 0 Å². The molecule has 0 amide bonds. The molecule has 0 bridgehead atoms. The van der Waals surface area contributed by atoms with Crippen LogP contribution in [-0.4, -0.2) is 26.8 Å². The van der Waals surface area contributed by atoms with Gasteiger partial charge in [0.05, 0.1) is 6.54 Å². The number of nitrogens with two attached hydrogens (primary N) is 1. The maximum Gasteiger partial charge on any atom is 0.239 e. The Morgan fingerprint density at radius 1 is 1.12 bits per heavy atom. The highest BCUT2D eigenvalue weighted by Gasteiger charge is 2.11. The Morgan fingerprint density at radius 3 is 2.67 bits per heavy atom. The van der Waals surface area contributed by atoms with Crippen molar-refractivity contribution in [3.63, 3.8) is 0 Å². The molecule has 2 N–H and O–H groups in total. The first-order chi connectivity index (χ1) is 11.7. The van der Waals surface area contributed by atoms with Gasteiger partial charge in [-0.1, -0.05) is 29.4 Å². The van der Waals surface area contributed by atoms with Crippen LogP contribution in [0.3, 0.4) is 0 Å². The first-order valence-electron chi connectivity index (χ1n) is 7.04. The molecule has 0 saturated heterocycles. The zero-order valence-electron chi connectivity index (χ0n) is 12.5. The fourth-order valence-corrected chi connectivity index (χ4v) is 1.90. The minimum atomic E-state index is -0.351. The van der Waals surface area contributed by atoms with E-state index in [1.54, 1.807) is 42.6 Å². The predicted octanol–water partition coefficient (Wildman–Crippen LogP) is 1.96. The van der Waals surface area contributed by atoms with Crippen LogP contribution in [0.4, 0.5) is 4.39 Å². The van der Waals surface area contributed by atoms with Crippen LogP contribution in [0.1, 0.15) is 17.1 Å². The Bertz CT molecular complexity index is 861. The number of aliphatic imine (C=N–C) groups is 2. The maximum atomic E-state index is 13.7. The van der Waals surface area contributed by atoms with Gasteiger partial charge in [-0.15, -0.1) is 0 Å². The Labute approximate surface area is 136 Å². The Morgan fingerprint density at radius 2 is 1.96 bits per heavy atom. The number of halogens is 1. The molecule has 7 nitrogen and oxygen atoms in total. The van der Waals surface area contributed by atoms with Crippen LogP contribution in [0.25, 0.3) is 0 Å². The summed E-state index contributed by atoms with van der Waals surface area (Å²) in [6.07, 6.45) is 2.75. The van der Waals surface area contributed by atoms with Gasteiger partial charge in [0.1, 0.15) is 11.5 Å². The minimum absolute atomic E-state index is 0.0650. The molecular formula is C16H13FN6O. The van der Waals surface area contributed by atoms with Crippen molar-refractivity contribution in [2.24, 2.45) is 15.7 Å². The maximum absolute atomic E-state index is 13.7. The van der Waals surface area contributed by atoms with E-state index in [-0.39, 0.29) is 29.9 Å². The van der Waals surface area contributed by atoms with Crippen LogP contribution in [0.2, 0.25) is 0 Å². The third kappa shape index (κ3) is 3.67. The summed E-state index contributed by atoms with van der Waals surface area (Å²) < 4.78 is 18.4. The van der Waals surface area contributed by atoms with E-state index in [1.165, 1.54) is 6.07 Å². The molecule has 0 fully saturated rings. The Hall–Kier alpha value is -3.42. The quantitative estimate of drug-likeness (QED) is 0.584. The number of aromatic nitrogens is 3. The monoisotopic (exact) mass is 324 g/mol. The summed E-state index contributed by atoms with van der Waals surface area (Å²) in [5.74, 6) is 0.0865. The van der Waals surface area contributed by atoms with Gasteiger partial charge in [0.2, 0.25) is 12.2 Å². The summed E-state index contributed by atoms with van der Waals surface area (Å²) >= 11 is 0. The second-order valence-corrected chi connectivity index (χ2v) is 4.70. The van der Waals surface area contributed by atoms with Crippen LogP contribution in [0, 0.1) is 5.82 Å². The van der Waals surface area contributed by atoms with E-state index >= 15 is 0 Å². The molecule has 3 rings (SSSR count). The molecule has 0 aliphatic rings. The van der Waals surface area contributed by atoms with E-state index in [9.17, 15) is 4.39 Å². The molecule has 1 aromatic carbocycles. The van der Waals surface area contributed by atoms with E-state index in [4.69, 9.17) is 10.3 Å². The SMILES string of the molecule is NC(=NC(=NCc1ccccc1F)c1ncon1)c1ccccn1. The number of amidine groups is 2. The fraction of sp³-hybridized carbons (Fsp3) is 0.0625. The Kier molecular flexibility index (Phi) is 4.66. The van der Waals surface area contributed by atoms with E-state index in [0.29, 0.717) is 11.3 Å². The van der Waals surface area contributed by atoms with Crippen LogP contribution < -0.4 is 5.73 Å². The zero-order chi connectivity index (χ0) is 16.8. The lowest BCUT2D eigenvalue weighted by atomic mass is 10.2. The first kappa shape index (κ1) is 15.5. The van der Waals surface area contributed by atoms with E-state index in [0.717, 1.165) is 6.39 Å². The van der Waals surface area contributed by atoms with Gasteiger partial charge in [0.25, 0.3) is 0 Å². The zero-order valence-corrected chi connectivity index (χ0v) is 12.5. The molecule has 3 aromatic rings. The highest BCUT2D eigenvalue weighted by molar-refractivity contribution is 6.08. The summed E-state index contributed by atoms with van der Waals surface area (Å²) in [4.78, 5) is 16.5. The van der Waals surface area contributed by atoms with Crippen molar-refractivity contribution >= 4 is 11.7 Å². The fourth-order valence-electron chi connectivity index (χ4n) is 1.90. The van der Waals surface area contributed by atoms with Gasteiger partial charge in [-0.2, -0.15) is 4.98 Å². The van der Waals surface area contributed by atoms with Gasteiger partial charge < -0.3 is 10.3 Å². The van der Waals surface area contributed by atoms with Gasteiger partial charge in [0, 0.05) is 11.8 Å². The molecule has 0 radical (unpaired) electrons. The predicted molar refractivity (Wildman–Crippen MR) is 85.9 cm³/mol. The third-order valence-corrected chi connectivity index (χ3v) is 3.07. The molecule has 8 heteroatoms. The smallest absolute Gasteiger partial charge is 0.239 e. The van der Waals surface area contributed by atoms with Crippen molar-refractivity contribution in [3.05, 3.63) is 78.0 Å². The van der Waals surface area contributed by atoms with E-state index in [1.807, 2.05) is 0 Å². The Balaban J connectivity index is 1.93. The van der Waals surface area contributed by atoms with E-state index in [2.05, 4.69) is 25.1 Å². The number of pyridine rings is 1. The van der Waals surface area contributed by atoms with Gasteiger partial charge in [-0.05, 0) is 18.2 Å². The topological polar surface area (TPSA) is 103 Å². The molecule has 0 atom stereocenters. The van der Waals surface area contributed by atoms with Crippen LogP contribution >= 0.6 is 0 Å². The molecule has 0 aliphatic carbocycles. The third-order valence-electron chi connectivity index (χ3n) is 3.07. The standard InChI is InChI=1S/C16H13FN6O/c17-12-6-2-1-5-11(12)9-20-15(16-21-10-24-23-16)22-14(18)13-7-3-4-8-19-13/h1-8,10H,9H2,(H2,18,20,22). The molecule has 0 spiro atoms. The van der Waals surface area contributed by atoms with Crippen molar-refractivity contribution < 1.29 is 8.91 Å². The van der Waals surface area contributed by atoms with Crippen LogP contribution in [-0.2, 0) is 6.54 Å². The average Bonchev–Trinajstić information content (AvgIpc) is 3.15. The molecule has 2 heterocycles. The lowest BCUT2D eigenvalue weighted by Crippen LogP contribution is -2.18. The van der Waals surface area contributed by atoms with Crippen LogP contribution in [0.5, 0.6) is 0 Å². The molecule has 120 valence electrons. The highest BCUT2D eigenvalue weighted by Crippen LogP contribution is 2.09. The lowest BCUT2D eigenvalue weighted by Gasteiger charge is -2.02. The second kappa shape index (κ2) is 7.23. The first-order valence-corrected chi connectivity index (χ1v) is 7.04. The summed E-state index contributed by atoms with van der Waals surface area (Å²) in [7, 11) is 0. The molecular weight excluding hydrogens is 311 g/mol. The van der Waals surface area contributed by atoms with E-state index < -0.39 is 0 Å². The van der Waals surface area contributed by atoms with Crippen molar-refractivity contribution in [3.8, 4) is 0 Å². The number of hydrogen-bond donors (Lipinski definition) is 1. The summed E-state index contributed by atoms with van der Waals surface area (Å²) in [6, 6.07) is 11.6. The van der Waals surface area contributed by atoms with Crippen molar-refractivity contribution in [2.45, 2.75) is 6.54 Å². The van der Waals surface area contributed by atoms with Crippen molar-refractivity contribution in [2.75, 3.05) is 0 Å². The van der Waals surface area contributed by atoms with Crippen LogP contribution in [0.15, 0.2) is 69.6 Å². The lowest BCUT2D eigenvalue weighted by molar-refractivity contribution is 0.415. The number of nitrogens with zero attached hydrogens (tertiary/aromatic N) is 5. The number of benzene rings is 1. The summed E-state index contributed by atoms with van der Waals surface area (Å²) in [6.45, 7) is 0.0650. The van der Waals surface area contributed by atoms with Gasteiger partial charge in [0.15, 0.2) is 11.7 Å². The van der Waals surface area contributed by atoms with Gasteiger partial charge in [-0.25, -0.2) is 9.38 Å². The second-order valence-electron chi connectivity index (χ2n) is 4.70. The molecule has 0 unspecified atom stereocenters. The number of hydrogen-bond acceptors (Lipinski definition) is 5. The highest BCUT2D eigenvalue weighted by atomic mass is 19.1. The van der Waals surface area contributed by atoms with Gasteiger partial charge >= 0.3 is 0 Å². The minimum Gasteiger partial charge on any atom is -0.382 e. The molecule has 2 aromatic heterocycles. The average molecular weight is 324 g/mol. The number of rotatable bonds is 4. The molecule has 24 heavy (non-hydrogen) atoms. The molecule has 0 aliphatic heterocycles. The normalized spacial score (nSPS) is 12.4. The van der Waals surface area contributed by atoms with Crippen molar-refractivity contribution in [1.82, 2.24) is 15.1 Å².